The molecular formula is C7H12O2Sn2. The van der Waals surface area contributed by atoms with Crippen molar-refractivity contribution in [2.24, 2.45) is 0 Å². The molecule has 0 spiro atoms. The summed E-state index contributed by atoms with van der Waals surface area (Å²) in [5.41, 5.74) is 1.25. The third-order valence-corrected chi connectivity index (χ3v) is 7.56. The van der Waals surface area contributed by atoms with Crippen LogP contribution in [0.2, 0.25) is 0 Å². The fourth-order valence-electron chi connectivity index (χ4n) is 0.817. The van der Waals surface area contributed by atoms with Crippen molar-refractivity contribution in [2.75, 3.05) is 0 Å². The molecule has 4 heteroatoms. The van der Waals surface area contributed by atoms with Crippen LogP contribution in [0.25, 0.3) is 0 Å². The average molecular weight is 366 g/mol. The number of rotatable bonds is 4. The molecule has 0 fully saturated rings. The van der Waals surface area contributed by atoms with E-state index in [9.17, 15) is 0 Å². The number of benzene rings is 1. The molecule has 0 aliphatic heterocycles. The van der Waals surface area contributed by atoms with Crippen molar-refractivity contribution < 1.29 is 4.49 Å². The number of hydrogen-bond acceptors (Lipinski definition) is 2. The van der Waals surface area contributed by atoms with Crippen LogP contribution in [0.4, 0.5) is 0 Å². The van der Waals surface area contributed by atoms with Crippen LogP contribution >= 0.6 is 0 Å². The van der Waals surface area contributed by atoms with Gasteiger partial charge in [0.25, 0.3) is 0 Å². The molecule has 11 heavy (non-hydrogen) atoms. The molecule has 0 aliphatic rings. The maximum absolute atomic E-state index is 5.41. The van der Waals surface area contributed by atoms with Crippen LogP contribution in [0.5, 0.6) is 0 Å². The Balaban J connectivity index is 2.28. The Bertz CT molecular complexity index is 191. The molecular weight excluding hydrogens is 353 g/mol. The summed E-state index contributed by atoms with van der Waals surface area (Å²) in [4.78, 5) is 0. The first kappa shape index (κ1) is 9.82. The van der Waals surface area contributed by atoms with E-state index in [4.69, 9.17) is 4.49 Å². The van der Waals surface area contributed by atoms with Gasteiger partial charge >= 0.3 is 91.9 Å². The molecule has 2 nitrogen and oxygen atoms in total. The summed E-state index contributed by atoms with van der Waals surface area (Å²) in [6.07, 6.45) is 0. The van der Waals surface area contributed by atoms with Crippen LogP contribution in [-0.4, -0.2) is 44.9 Å². The fraction of sp³-hybridized carbons (Fsp3) is 0.143. The van der Waals surface area contributed by atoms with Crippen molar-refractivity contribution in [1.29, 1.82) is 0 Å². The van der Waals surface area contributed by atoms with Crippen LogP contribution in [0.1, 0.15) is 5.56 Å². The molecule has 0 saturated heterocycles. The van der Waals surface area contributed by atoms with Gasteiger partial charge in [-0.15, -0.1) is 0 Å². The topological polar surface area (TPSA) is 18.5 Å². The van der Waals surface area contributed by atoms with Crippen LogP contribution < -0.4 is 0 Å². The quantitative estimate of drug-likeness (QED) is 0.529. The Hall–Kier alpha value is 0.737. The SMILES string of the molecule is [SnH3][O][SnH2][O]Cc1ccccc1. The standard InChI is InChI=1S/C7H7O.O.2Sn.5H/c8-6-7-4-2-1-3-5-7;;;;;;;;/h1-5H,6H2;;;;;;;;/q-1;;;+1;;;;;. The molecule has 0 radical (unpaired) electrons. The van der Waals surface area contributed by atoms with Crippen molar-refractivity contribution >= 4 is 44.9 Å². The molecule has 0 aromatic heterocycles. The van der Waals surface area contributed by atoms with Gasteiger partial charge in [0, 0.05) is 0 Å². The van der Waals surface area contributed by atoms with Gasteiger partial charge in [0.15, 0.2) is 0 Å². The molecule has 0 N–H and O–H groups in total. The summed E-state index contributed by atoms with van der Waals surface area (Å²) in [6.45, 7) is 0.747. The Morgan fingerprint density at radius 3 is 2.64 bits per heavy atom. The molecule has 0 atom stereocenters. The van der Waals surface area contributed by atoms with Crippen molar-refractivity contribution in [2.45, 2.75) is 6.61 Å². The Labute approximate surface area is 91.2 Å². The minimum atomic E-state index is -1.18. The zero-order chi connectivity index (χ0) is 7.94. The van der Waals surface area contributed by atoms with E-state index in [-0.39, 0.29) is 0 Å². The van der Waals surface area contributed by atoms with Gasteiger partial charge in [0.1, 0.15) is 0 Å². The van der Waals surface area contributed by atoms with Crippen LogP contribution in [0.3, 0.4) is 0 Å². The molecule has 1 rings (SSSR count). The zero-order valence-corrected chi connectivity index (χ0v) is 16.4. The Morgan fingerprint density at radius 2 is 2.00 bits per heavy atom. The monoisotopic (exact) mass is 368 g/mol. The van der Waals surface area contributed by atoms with E-state index in [1.807, 2.05) is 18.2 Å². The van der Waals surface area contributed by atoms with Gasteiger partial charge in [-0.05, 0) is 0 Å². The van der Waals surface area contributed by atoms with Gasteiger partial charge in [-0.25, -0.2) is 0 Å². The summed E-state index contributed by atoms with van der Waals surface area (Å²) in [5, 5.41) is 0. The zero-order valence-electron chi connectivity index (χ0n) is 6.62. The van der Waals surface area contributed by atoms with E-state index in [0.717, 1.165) is 6.61 Å². The normalized spacial score (nSPS) is 11.3. The summed E-state index contributed by atoms with van der Waals surface area (Å²) in [6, 6.07) is 10.2. The van der Waals surface area contributed by atoms with E-state index >= 15 is 0 Å². The van der Waals surface area contributed by atoms with Crippen molar-refractivity contribution in [1.82, 2.24) is 0 Å². The van der Waals surface area contributed by atoms with E-state index in [2.05, 4.69) is 12.1 Å². The first-order valence-corrected chi connectivity index (χ1v) is 9.16. The van der Waals surface area contributed by atoms with Gasteiger partial charge in [-0.1, -0.05) is 0 Å². The van der Waals surface area contributed by atoms with Gasteiger partial charge in [0.2, 0.25) is 0 Å². The third-order valence-electron chi connectivity index (χ3n) is 1.31. The van der Waals surface area contributed by atoms with E-state index < -0.39 is 22.0 Å². The maximum atomic E-state index is 5.41. The number of hydrogen-bond donors (Lipinski definition) is 0. The second kappa shape index (κ2) is 6.28. The Kier molecular flexibility index (Phi) is 5.60. The molecule has 0 heterocycles. The second-order valence-corrected chi connectivity index (χ2v) is 16.8. The summed E-state index contributed by atoms with van der Waals surface area (Å²) in [5.74, 6) is 0. The van der Waals surface area contributed by atoms with Crippen LogP contribution in [-0.2, 0) is 11.1 Å². The van der Waals surface area contributed by atoms with E-state index in [0.29, 0.717) is 22.9 Å². The predicted molar refractivity (Wildman–Crippen MR) is 50.8 cm³/mol. The van der Waals surface area contributed by atoms with Crippen molar-refractivity contribution in [3.05, 3.63) is 35.9 Å². The average Bonchev–Trinajstić information content (AvgIpc) is 2.07. The molecule has 60 valence electrons. The van der Waals surface area contributed by atoms with Gasteiger partial charge < -0.3 is 0 Å². The van der Waals surface area contributed by atoms with Gasteiger partial charge in [-0.3, -0.25) is 0 Å². The van der Waals surface area contributed by atoms with E-state index in [1.165, 1.54) is 5.56 Å². The summed E-state index contributed by atoms with van der Waals surface area (Å²) in [7, 11) is 0. The summed E-state index contributed by atoms with van der Waals surface area (Å²) < 4.78 is 10.6. The van der Waals surface area contributed by atoms with E-state index in [1.54, 1.807) is 0 Å². The Morgan fingerprint density at radius 1 is 1.27 bits per heavy atom. The third kappa shape index (κ3) is 4.34. The molecule has 0 bridgehead atoms. The predicted octanol–water partition coefficient (Wildman–Crippen LogP) is -0.501. The first-order valence-electron chi connectivity index (χ1n) is 3.54. The molecule has 0 aliphatic carbocycles. The first-order chi connectivity index (χ1) is 5.43. The van der Waals surface area contributed by atoms with Crippen LogP contribution in [0, 0.1) is 0 Å². The molecule has 1 aromatic carbocycles. The summed E-state index contributed by atoms with van der Waals surface area (Å²) >= 11 is -0.795. The van der Waals surface area contributed by atoms with Crippen molar-refractivity contribution in [3.8, 4) is 0 Å². The van der Waals surface area contributed by atoms with Gasteiger partial charge in [0.05, 0.1) is 0 Å². The minimum absolute atomic E-state index is 0.386. The van der Waals surface area contributed by atoms with Gasteiger partial charge in [-0.2, -0.15) is 0 Å². The fourth-order valence-corrected chi connectivity index (χ4v) is 5.39. The molecule has 1 aromatic rings. The molecule has 0 saturated carbocycles. The van der Waals surface area contributed by atoms with Crippen molar-refractivity contribution in [3.63, 3.8) is 0 Å². The molecule has 0 amide bonds. The van der Waals surface area contributed by atoms with Crippen LogP contribution in [0.15, 0.2) is 30.3 Å². The molecule has 0 unspecified atom stereocenters. The second-order valence-electron chi connectivity index (χ2n) is 2.24.